The number of hydrogen-bond acceptors (Lipinski definition) is 3. The van der Waals surface area contributed by atoms with Crippen LogP contribution in [0.25, 0.3) is 0 Å². The van der Waals surface area contributed by atoms with Crippen molar-refractivity contribution in [3.8, 4) is 5.75 Å². The molecule has 3 heteroatoms. The maximum atomic E-state index is 5.60. The van der Waals surface area contributed by atoms with Gasteiger partial charge in [0.2, 0.25) is 0 Å². The summed E-state index contributed by atoms with van der Waals surface area (Å²) in [7, 11) is 0. The molecule has 0 radical (unpaired) electrons. The first kappa shape index (κ1) is 16.1. The fraction of sp³-hybridized carbons (Fsp3) is 0.444. The predicted octanol–water partition coefficient (Wildman–Crippen LogP) is 4.60. The van der Waals surface area contributed by atoms with E-state index in [9.17, 15) is 0 Å². The third-order valence-corrected chi connectivity index (χ3v) is 4.72. The van der Waals surface area contributed by atoms with E-state index in [0.717, 1.165) is 31.9 Å². The molecule has 0 bridgehead atoms. The summed E-state index contributed by atoms with van der Waals surface area (Å²) >= 11 is 1.83. The Morgan fingerprint density at radius 2 is 1.90 bits per heavy atom. The molecule has 0 aliphatic heterocycles. The van der Waals surface area contributed by atoms with E-state index >= 15 is 0 Å². The van der Waals surface area contributed by atoms with Crippen molar-refractivity contribution < 1.29 is 4.74 Å². The molecule has 0 aliphatic rings. The number of benzene rings is 1. The average Bonchev–Trinajstić information content (AvgIpc) is 3.01. The van der Waals surface area contributed by atoms with Gasteiger partial charge >= 0.3 is 0 Å². The Kier molecular flexibility index (Phi) is 5.83. The highest BCUT2D eigenvalue weighted by atomic mass is 32.1. The molecule has 0 fully saturated rings. The second-order valence-electron chi connectivity index (χ2n) is 5.96. The lowest BCUT2D eigenvalue weighted by atomic mass is 9.91. The Hall–Kier alpha value is -1.32. The number of hydrogen-bond donors (Lipinski definition) is 1. The van der Waals surface area contributed by atoms with Crippen molar-refractivity contribution in [3.05, 3.63) is 52.2 Å². The van der Waals surface area contributed by atoms with Crippen LogP contribution in [0.2, 0.25) is 0 Å². The average molecular weight is 303 g/mol. The Balaban J connectivity index is 1.80. The monoisotopic (exact) mass is 303 g/mol. The van der Waals surface area contributed by atoms with Crippen LogP contribution in [0.15, 0.2) is 41.8 Å². The Morgan fingerprint density at radius 3 is 2.52 bits per heavy atom. The first-order valence-electron chi connectivity index (χ1n) is 7.58. The highest BCUT2D eigenvalue weighted by Gasteiger charge is 2.20. The topological polar surface area (TPSA) is 21.3 Å². The lowest BCUT2D eigenvalue weighted by molar-refractivity contribution is 0.317. The minimum Gasteiger partial charge on any atom is -0.494 e. The van der Waals surface area contributed by atoms with Crippen molar-refractivity contribution in [2.45, 2.75) is 39.2 Å². The van der Waals surface area contributed by atoms with Crippen molar-refractivity contribution in [2.24, 2.45) is 0 Å². The van der Waals surface area contributed by atoms with Gasteiger partial charge in [-0.25, -0.2) is 0 Å². The van der Waals surface area contributed by atoms with E-state index in [4.69, 9.17) is 4.74 Å². The van der Waals surface area contributed by atoms with Crippen LogP contribution in [0, 0.1) is 0 Å². The van der Waals surface area contributed by atoms with Crippen molar-refractivity contribution >= 4 is 11.3 Å². The summed E-state index contributed by atoms with van der Waals surface area (Å²) < 4.78 is 5.60. The zero-order valence-electron chi connectivity index (χ0n) is 13.2. The summed E-state index contributed by atoms with van der Waals surface area (Å²) in [5.41, 5.74) is 1.47. The third kappa shape index (κ3) is 4.87. The molecule has 0 aliphatic carbocycles. The molecule has 0 spiro atoms. The molecule has 1 N–H and O–H groups in total. The van der Waals surface area contributed by atoms with E-state index in [-0.39, 0.29) is 5.41 Å². The Labute approximate surface area is 132 Å². The number of thiophene rings is 1. The molecule has 0 amide bonds. The standard InChI is InChI=1S/C18H25NOS/c1-4-11-20-16-9-7-15(8-10-16)13-19-14-18(2,3)17-6-5-12-21-17/h5-10,12,19H,4,11,13-14H2,1-3H3. The van der Waals surface area contributed by atoms with Gasteiger partial charge in [-0.2, -0.15) is 0 Å². The SMILES string of the molecule is CCCOc1ccc(CNCC(C)(C)c2cccs2)cc1. The van der Waals surface area contributed by atoms with Gasteiger partial charge in [-0.15, -0.1) is 11.3 Å². The van der Waals surface area contributed by atoms with Crippen LogP contribution < -0.4 is 10.1 Å². The summed E-state index contributed by atoms with van der Waals surface area (Å²) in [5, 5.41) is 5.70. The van der Waals surface area contributed by atoms with Crippen LogP contribution in [-0.2, 0) is 12.0 Å². The summed E-state index contributed by atoms with van der Waals surface area (Å²) in [6.45, 7) is 9.34. The first-order valence-corrected chi connectivity index (χ1v) is 8.46. The highest BCUT2D eigenvalue weighted by molar-refractivity contribution is 7.10. The van der Waals surface area contributed by atoms with Gasteiger partial charge < -0.3 is 10.1 Å². The molecule has 1 aromatic carbocycles. The maximum Gasteiger partial charge on any atom is 0.119 e. The summed E-state index contributed by atoms with van der Waals surface area (Å²) in [6, 6.07) is 12.7. The van der Waals surface area contributed by atoms with E-state index in [0.29, 0.717) is 0 Å². The van der Waals surface area contributed by atoms with Crippen LogP contribution in [0.3, 0.4) is 0 Å². The molecular formula is C18H25NOS. The van der Waals surface area contributed by atoms with Gasteiger partial charge in [-0.3, -0.25) is 0 Å². The molecule has 2 nitrogen and oxygen atoms in total. The molecule has 1 aromatic heterocycles. The van der Waals surface area contributed by atoms with Gasteiger partial charge in [0, 0.05) is 23.4 Å². The van der Waals surface area contributed by atoms with E-state index < -0.39 is 0 Å². The first-order chi connectivity index (χ1) is 10.1. The number of ether oxygens (including phenoxy) is 1. The summed E-state index contributed by atoms with van der Waals surface area (Å²) in [6.07, 6.45) is 1.04. The minimum absolute atomic E-state index is 0.179. The van der Waals surface area contributed by atoms with Gasteiger partial charge in [-0.05, 0) is 35.6 Å². The molecule has 114 valence electrons. The number of nitrogens with one attached hydrogen (secondary N) is 1. The fourth-order valence-corrected chi connectivity index (χ4v) is 3.05. The fourth-order valence-electron chi connectivity index (χ4n) is 2.19. The van der Waals surface area contributed by atoms with E-state index in [2.05, 4.69) is 67.9 Å². The molecular weight excluding hydrogens is 278 g/mol. The van der Waals surface area contributed by atoms with Crippen molar-refractivity contribution in [2.75, 3.05) is 13.2 Å². The highest BCUT2D eigenvalue weighted by Crippen LogP contribution is 2.26. The van der Waals surface area contributed by atoms with Gasteiger partial charge in [-0.1, -0.05) is 39.0 Å². The van der Waals surface area contributed by atoms with Gasteiger partial charge in [0.15, 0.2) is 0 Å². The molecule has 0 unspecified atom stereocenters. The molecule has 2 rings (SSSR count). The third-order valence-electron chi connectivity index (χ3n) is 3.48. The van der Waals surface area contributed by atoms with E-state index in [1.165, 1.54) is 10.4 Å². The lowest BCUT2D eigenvalue weighted by Crippen LogP contribution is -2.31. The van der Waals surface area contributed by atoms with Crippen molar-refractivity contribution in [1.82, 2.24) is 5.32 Å². The molecule has 21 heavy (non-hydrogen) atoms. The molecule has 2 aromatic rings. The molecule has 0 atom stereocenters. The van der Waals surface area contributed by atoms with Crippen LogP contribution in [0.1, 0.15) is 37.6 Å². The Bertz CT molecular complexity index is 517. The van der Waals surface area contributed by atoms with Crippen LogP contribution in [0.5, 0.6) is 5.75 Å². The normalized spacial score (nSPS) is 11.6. The second-order valence-corrected chi connectivity index (χ2v) is 6.90. The van der Waals surface area contributed by atoms with E-state index in [1.807, 2.05) is 11.3 Å². The van der Waals surface area contributed by atoms with Crippen LogP contribution >= 0.6 is 11.3 Å². The van der Waals surface area contributed by atoms with E-state index in [1.54, 1.807) is 0 Å². The Morgan fingerprint density at radius 1 is 1.14 bits per heavy atom. The van der Waals surface area contributed by atoms with Gasteiger partial charge in [0.05, 0.1) is 6.61 Å². The maximum absolute atomic E-state index is 5.60. The van der Waals surface area contributed by atoms with Crippen LogP contribution in [-0.4, -0.2) is 13.2 Å². The smallest absolute Gasteiger partial charge is 0.119 e. The quantitative estimate of drug-likeness (QED) is 0.769. The lowest BCUT2D eigenvalue weighted by Gasteiger charge is -2.23. The van der Waals surface area contributed by atoms with Crippen molar-refractivity contribution in [1.29, 1.82) is 0 Å². The van der Waals surface area contributed by atoms with Crippen LogP contribution in [0.4, 0.5) is 0 Å². The van der Waals surface area contributed by atoms with Crippen molar-refractivity contribution in [3.63, 3.8) is 0 Å². The van der Waals surface area contributed by atoms with Gasteiger partial charge in [0.25, 0.3) is 0 Å². The molecule has 0 saturated carbocycles. The minimum atomic E-state index is 0.179. The summed E-state index contributed by atoms with van der Waals surface area (Å²) in [5.74, 6) is 0.958. The molecule has 0 saturated heterocycles. The zero-order valence-corrected chi connectivity index (χ0v) is 14.0. The number of rotatable bonds is 8. The van der Waals surface area contributed by atoms with Gasteiger partial charge in [0.1, 0.15) is 5.75 Å². The largest absolute Gasteiger partial charge is 0.494 e. The molecule has 1 heterocycles. The second kappa shape index (κ2) is 7.62. The predicted molar refractivity (Wildman–Crippen MR) is 91.3 cm³/mol. The zero-order chi connectivity index (χ0) is 15.1. The summed E-state index contributed by atoms with van der Waals surface area (Å²) in [4.78, 5) is 1.43.